The zero-order chi connectivity index (χ0) is 11.5. The quantitative estimate of drug-likeness (QED) is 0.782. The SMILES string of the molecule is CC1CCC(N)C(CN2CCS(=O)CC2)C1. The van der Waals surface area contributed by atoms with Crippen LogP contribution in [0.4, 0.5) is 0 Å². The Labute approximate surface area is 101 Å². The molecule has 1 saturated carbocycles. The van der Waals surface area contributed by atoms with Gasteiger partial charge in [0.2, 0.25) is 0 Å². The molecule has 0 aromatic rings. The van der Waals surface area contributed by atoms with E-state index in [0.29, 0.717) is 12.0 Å². The first-order chi connectivity index (χ1) is 7.65. The van der Waals surface area contributed by atoms with Gasteiger partial charge in [0.05, 0.1) is 0 Å². The fourth-order valence-electron chi connectivity index (χ4n) is 2.92. The Balaban J connectivity index is 1.81. The average Bonchev–Trinajstić information content (AvgIpc) is 2.27. The first kappa shape index (κ1) is 12.5. The lowest BCUT2D eigenvalue weighted by molar-refractivity contribution is 0.169. The molecule has 1 saturated heterocycles. The Morgan fingerprint density at radius 1 is 1.31 bits per heavy atom. The lowest BCUT2D eigenvalue weighted by Crippen LogP contribution is -2.46. The minimum Gasteiger partial charge on any atom is -0.327 e. The van der Waals surface area contributed by atoms with Crippen LogP contribution in [-0.4, -0.2) is 46.3 Å². The predicted molar refractivity (Wildman–Crippen MR) is 68.8 cm³/mol. The third-order valence-electron chi connectivity index (χ3n) is 4.07. The molecule has 0 radical (unpaired) electrons. The van der Waals surface area contributed by atoms with Crippen LogP contribution in [0.5, 0.6) is 0 Å². The number of hydrogen-bond donors (Lipinski definition) is 1. The van der Waals surface area contributed by atoms with E-state index in [1.165, 1.54) is 19.3 Å². The van der Waals surface area contributed by atoms with Gasteiger partial charge in [-0.05, 0) is 31.1 Å². The zero-order valence-corrected chi connectivity index (χ0v) is 11.0. The van der Waals surface area contributed by atoms with Crippen LogP contribution in [-0.2, 0) is 10.8 Å². The van der Waals surface area contributed by atoms with Gasteiger partial charge in [0.25, 0.3) is 0 Å². The van der Waals surface area contributed by atoms with E-state index in [-0.39, 0.29) is 0 Å². The van der Waals surface area contributed by atoms with Crippen molar-refractivity contribution in [2.24, 2.45) is 17.6 Å². The Morgan fingerprint density at radius 2 is 2.00 bits per heavy atom. The highest BCUT2D eigenvalue weighted by molar-refractivity contribution is 7.85. The maximum Gasteiger partial charge on any atom is 0.0363 e. The van der Waals surface area contributed by atoms with Crippen LogP contribution in [0.2, 0.25) is 0 Å². The van der Waals surface area contributed by atoms with Crippen LogP contribution in [0, 0.1) is 11.8 Å². The minimum atomic E-state index is -0.556. The fourth-order valence-corrected chi connectivity index (χ4v) is 4.05. The second-order valence-electron chi connectivity index (χ2n) is 5.49. The Bertz CT molecular complexity index is 249. The van der Waals surface area contributed by atoms with Gasteiger partial charge < -0.3 is 10.6 Å². The monoisotopic (exact) mass is 244 g/mol. The molecule has 1 aliphatic carbocycles. The normalized spacial score (nSPS) is 38.8. The van der Waals surface area contributed by atoms with Crippen molar-refractivity contribution >= 4 is 10.8 Å². The van der Waals surface area contributed by atoms with E-state index >= 15 is 0 Å². The Hall–Kier alpha value is 0.0700. The third kappa shape index (κ3) is 3.28. The highest BCUT2D eigenvalue weighted by Gasteiger charge is 2.28. The standard InChI is InChI=1S/C12H24N2OS/c1-10-2-3-12(13)11(8-10)9-14-4-6-16(15)7-5-14/h10-12H,2-9,13H2,1H3. The summed E-state index contributed by atoms with van der Waals surface area (Å²) in [4.78, 5) is 2.46. The van der Waals surface area contributed by atoms with Crippen molar-refractivity contribution in [1.82, 2.24) is 4.90 Å². The van der Waals surface area contributed by atoms with Gasteiger partial charge in [-0.15, -0.1) is 0 Å². The average molecular weight is 244 g/mol. The molecule has 16 heavy (non-hydrogen) atoms. The van der Waals surface area contributed by atoms with E-state index in [4.69, 9.17) is 5.73 Å². The van der Waals surface area contributed by atoms with Crippen LogP contribution >= 0.6 is 0 Å². The summed E-state index contributed by atoms with van der Waals surface area (Å²) in [5, 5.41) is 0. The molecule has 2 N–H and O–H groups in total. The summed E-state index contributed by atoms with van der Waals surface area (Å²) in [5.41, 5.74) is 6.20. The lowest BCUT2D eigenvalue weighted by Gasteiger charge is -2.37. The lowest BCUT2D eigenvalue weighted by atomic mass is 9.79. The third-order valence-corrected chi connectivity index (χ3v) is 5.34. The van der Waals surface area contributed by atoms with E-state index in [0.717, 1.165) is 37.1 Å². The molecule has 94 valence electrons. The first-order valence-corrected chi connectivity index (χ1v) is 7.97. The van der Waals surface area contributed by atoms with E-state index in [2.05, 4.69) is 11.8 Å². The van der Waals surface area contributed by atoms with Gasteiger partial charge in [-0.25, -0.2) is 0 Å². The zero-order valence-electron chi connectivity index (χ0n) is 10.2. The summed E-state index contributed by atoms with van der Waals surface area (Å²) in [6.07, 6.45) is 3.76. The number of hydrogen-bond acceptors (Lipinski definition) is 3. The molecule has 2 fully saturated rings. The van der Waals surface area contributed by atoms with E-state index in [1.54, 1.807) is 0 Å². The molecule has 3 nitrogen and oxygen atoms in total. The van der Waals surface area contributed by atoms with E-state index < -0.39 is 10.8 Å². The molecular weight excluding hydrogens is 220 g/mol. The van der Waals surface area contributed by atoms with Crippen molar-refractivity contribution in [3.05, 3.63) is 0 Å². The Morgan fingerprint density at radius 3 is 2.69 bits per heavy atom. The number of nitrogens with zero attached hydrogens (tertiary/aromatic N) is 1. The minimum absolute atomic E-state index is 0.392. The molecule has 1 heterocycles. The van der Waals surface area contributed by atoms with E-state index in [1.807, 2.05) is 0 Å². The highest BCUT2D eigenvalue weighted by Crippen LogP contribution is 2.28. The second kappa shape index (κ2) is 5.61. The van der Waals surface area contributed by atoms with Crippen LogP contribution in [0.3, 0.4) is 0 Å². The largest absolute Gasteiger partial charge is 0.327 e. The predicted octanol–water partition coefficient (Wildman–Crippen LogP) is 0.814. The molecule has 0 aromatic carbocycles. The highest BCUT2D eigenvalue weighted by atomic mass is 32.2. The fraction of sp³-hybridized carbons (Fsp3) is 1.00. The molecule has 0 spiro atoms. The van der Waals surface area contributed by atoms with Gasteiger partial charge in [0.15, 0.2) is 0 Å². The molecule has 1 aliphatic heterocycles. The topological polar surface area (TPSA) is 46.3 Å². The number of nitrogens with two attached hydrogens (primary N) is 1. The van der Waals surface area contributed by atoms with Crippen molar-refractivity contribution in [3.8, 4) is 0 Å². The summed E-state index contributed by atoms with van der Waals surface area (Å²) in [6.45, 7) is 5.47. The van der Waals surface area contributed by atoms with Gasteiger partial charge in [-0.3, -0.25) is 4.21 Å². The molecule has 0 amide bonds. The summed E-state index contributed by atoms with van der Waals surface area (Å²) in [7, 11) is -0.556. The van der Waals surface area contributed by atoms with Crippen molar-refractivity contribution < 1.29 is 4.21 Å². The van der Waals surface area contributed by atoms with E-state index in [9.17, 15) is 4.21 Å². The molecule has 0 aromatic heterocycles. The molecule has 4 heteroatoms. The second-order valence-corrected chi connectivity index (χ2v) is 7.19. The van der Waals surface area contributed by atoms with Gasteiger partial charge in [0.1, 0.15) is 0 Å². The van der Waals surface area contributed by atoms with Crippen molar-refractivity contribution in [1.29, 1.82) is 0 Å². The molecular formula is C12H24N2OS. The molecule has 2 rings (SSSR count). The van der Waals surface area contributed by atoms with Gasteiger partial charge >= 0.3 is 0 Å². The molecule has 3 atom stereocenters. The molecule has 3 unspecified atom stereocenters. The van der Waals surface area contributed by atoms with Gasteiger partial charge in [0, 0.05) is 48.0 Å². The number of rotatable bonds is 2. The van der Waals surface area contributed by atoms with Crippen molar-refractivity contribution in [2.75, 3.05) is 31.1 Å². The Kier molecular flexibility index (Phi) is 4.39. The summed E-state index contributed by atoms with van der Waals surface area (Å²) in [6, 6.07) is 0.392. The molecule has 0 bridgehead atoms. The summed E-state index contributed by atoms with van der Waals surface area (Å²) >= 11 is 0. The smallest absolute Gasteiger partial charge is 0.0363 e. The van der Waals surface area contributed by atoms with Crippen LogP contribution in [0.15, 0.2) is 0 Å². The van der Waals surface area contributed by atoms with Crippen LogP contribution < -0.4 is 5.73 Å². The van der Waals surface area contributed by atoms with Gasteiger partial charge in [-0.1, -0.05) is 6.92 Å². The van der Waals surface area contributed by atoms with Crippen molar-refractivity contribution in [2.45, 2.75) is 32.2 Å². The first-order valence-electron chi connectivity index (χ1n) is 6.48. The maximum absolute atomic E-state index is 11.3. The maximum atomic E-state index is 11.3. The van der Waals surface area contributed by atoms with Crippen LogP contribution in [0.1, 0.15) is 26.2 Å². The van der Waals surface area contributed by atoms with Crippen molar-refractivity contribution in [3.63, 3.8) is 0 Å². The molecule has 2 aliphatic rings. The van der Waals surface area contributed by atoms with Gasteiger partial charge in [-0.2, -0.15) is 0 Å². The summed E-state index contributed by atoms with van der Waals surface area (Å²) < 4.78 is 11.3. The van der Waals surface area contributed by atoms with Crippen LogP contribution in [0.25, 0.3) is 0 Å². The summed E-state index contributed by atoms with van der Waals surface area (Å²) in [5.74, 6) is 3.22.